The lowest BCUT2D eigenvalue weighted by molar-refractivity contribution is 0.355. The third-order valence-corrected chi connectivity index (χ3v) is 2.89. The van der Waals surface area contributed by atoms with Crippen LogP contribution in [0.4, 0.5) is 0 Å². The van der Waals surface area contributed by atoms with Gasteiger partial charge in [0, 0.05) is 17.9 Å². The molecule has 0 radical (unpaired) electrons. The van der Waals surface area contributed by atoms with E-state index in [1.54, 1.807) is 0 Å². The van der Waals surface area contributed by atoms with Crippen LogP contribution in [0, 0.1) is 13.8 Å². The molecule has 20 heavy (non-hydrogen) atoms. The van der Waals surface area contributed by atoms with E-state index in [-0.39, 0.29) is 11.1 Å². The van der Waals surface area contributed by atoms with Crippen molar-refractivity contribution in [3.63, 3.8) is 0 Å². The second kappa shape index (κ2) is 5.81. The average Bonchev–Trinajstić information content (AvgIpc) is 2.85. The molecular formula is C16H28N4. The Morgan fingerprint density at radius 1 is 0.900 bits per heavy atom. The summed E-state index contributed by atoms with van der Waals surface area (Å²) < 4.78 is 4.09. The van der Waals surface area contributed by atoms with E-state index >= 15 is 0 Å². The predicted molar refractivity (Wildman–Crippen MR) is 83.9 cm³/mol. The first-order chi connectivity index (χ1) is 9.00. The molecule has 0 aliphatic carbocycles. The predicted octanol–water partition coefficient (Wildman–Crippen LogP) is 3.89. The maximum absolute atomic E-state index is 4.20. The summed E-state index contributed by atoms with van der Waals surface area (Å²) in [6.45, 7) is 17.0. The van der Waals surface area contributed by atoms with E-state index in [2.05, 4.69) is 75.5 Å². The van der Waals surface area contributed by atoms with E-state index in [1.165, 1.54) is 5.56 Å². The fraction of sp³-hybridized carbons (Fsp3) is 0.625. The lowest BCUT2D eigenvalue weighted by atomic mass is 10.1. The molecule has 0 bridgehead atoms. The summed E-state index contributed by atoms with van der Waals surface area (Å²) in [6, 6.07) is 0. The van der Waals surface area contributed by atoms with Crippen molar-refractivity contribution >= 4 is 0 Å². The Bertz CT molecular complexity index is 485. The highest BCUT2D eigenvalue weighted by atomic mass is 15.3. The molecule has 0 aliphatic rings. The van der Waals surface area contributed by atoms with E-state index in [9.17, 15) is 0 Å². The molecule has 0 fully saturated rings. The molecule has 2 rings (SSSR count). The first-order valence-corrected chi connectivity index (χ1v) is 7.03. The molecule has 0 aliphatic heterocycles. The van der Waals surface area contributed by atoms with Gasteiger partial charge < -0.3 is 4.57 Å². The molecule has 2 aromatic heterocycles. The highest BCUT2D eigenvalue weighted by Gasteiger charge is 2.12. The van der Waals surface area contributed by atoms with Gasteiger partial charge in [-0.1, -0.05) is 0 Å². The maximum Gasteiger partial charge on any atom is 0.0954 e. The third kappa shape index (κ3) is 4.83. The number of aromatic nitrogens is 4. The van der Waals surface area contributed by atoms with Gasteiger partial charge in [0.25, 0.3) is 0 Å². The van der Waals surface area contributed by atoms with Gasteiger partial charge in [-0.3, -0.25) is 4.68 Å². The zero-order valence-corrected chi connectivity index (χ0v) is 14.1. The first kappa shape index (κ1) is 16.5. The molecule has 0 aromatic carbocycles. The van der Waals surface area contributed by atoms with Crippen molar-refractivity contribution in [1.82, 2.24) is 19.3 Å². The molecule has 4 heteroatoms. The van der Waals surface area contributed by atoms with Crippen molar-refractivity contribution in [2.24, 2.45) is 0 Å². The van der Waals surface area contributed by atoms with Crippen molar-refractivity contribution in [2.75, 3.05) is 0 Å². The first-order valence-electron chi connectivity index (χ1n) is 7.03. The Labute approximate surface area is 122 Å². The average molecular weight is 276 g/mol. The van der Waals surface area contributed by atoms with Gasteiger partial charge in [-0.05, 0) is 61.0 Å². The Balaban J connectivity index is 0.000000200. The van der Waals surface area contributed by atoms with Crippen LogP contribution in [0.25, 0.3) is 0 Å². The number of aryl methyl sites for hydroxylation is 2. The van der Waals surface area contributed by atoms with Crippen molar-refractivity contribution in [3.05, 3.63) is 36.2 Å². The molecular weight excluding hydrogens is 248 g/mol. The van der Waals surface area contributed by atoms with Crippen LogP contribution < -0.4 is 0 Å². The van der Waals surface area contributed by atoms with Crippen LogP contribution in [0.1, 0.15) is 52.8 Å². The summed E-state index contributed by atoms with van der Waals surface area (Å²) in [5.41, 5.74) is 2.58. The van der Waals surface area contributed by atoms with E-state index < -0.39 is 0 Å². The molecule has 0 saturated carbocycles. The topological polar surface area (TPSA) is 35.6 Å². The Kier molecular flexibility index (Phi) is 4.79. The SMILES string of the molecule is Cc1cn(C(C)(C)C)cn1.Cc1cnn(C(C)(C)C)c1. The van der Waals surface area contributed by atoms with Gasteiger partial charge in [-0.25, -0.2) is 4.98 Å². The highest BCUT2D eigenvalue weighted by molar-refractivity contribution is 5.01. The van der Waals surface area contributed by atoms with Crippen LogP contribution in [-0.2, 0) is 11.1 Å². The summed E-state index contributed by atoms with van der Waals surface area (Å²) in [6.07, 6.45) is 7.86. The van der Waals surface area contributed by atoms with Gasteiger partial charge in [0.15, 0.2) is 0 Å². The molecule has 0 saturated heterocycles. The summed E-state index contributed by atoms with van der Waals surface area (Å²) >= 11 is 0. The summed E-state index contributed by atoms with van der Waals surface area (Å²) in [5, 5.41) is 4.20. The van der Waals surface area contributed by atoms with Crippen molar-refractivity contribution < 1.29 is 0 Å². The number of nitrogens with zero attached hydrogens (tertiary/aromatic N) is 4. The van der Waals surface area contributed by atoms with Gasteiger partial charge in [0.05, 0.1) is 23.8 Å². The quantitative estimate of drug-likeness (QED) is 0.731. The molecule has 4 nitrogen and oxygen atoms in total. The van der Waals surface area contributed by atoms with Crippen LogP contribution in [0.3, 0.4) is 0 Å². The lowest BCUT2D eigenvalue weighted by Gasteiger charge is -2.19. The van der Waals surface area contributed by atoms with Crippen LogP contribution in [0.15, 0.2) is 24.9 Å². The maximum atomic E-state index is 4.20. The fourth-order valence-corrected chi connectivity index (χ4v) is 1.57. The molecule has 2 heterocycles. The molecule has 0 N–H and O–H groups in total. The van der Waals surface area contributed by atoms with E-state index in [1.807, 2.05) is 24.1 Å². The number of imidazole rings is 1. The largest absolute Gasteiger partial charge is 0.332 e. The summed E-state index contributed by atoms with van der Waals surface area (Å²) in [7, 11) is 0. The molecule has 112 valence electrons. The van der Waals surface area contributed by atoms with E-state index in [0.29, 0.717) is 0 Å². The monoisotopic (exact) mass is 276 g/mol. The molecule has 0 unspecified atom stereocenters. The van der Waals surface area contributed by atoms with Crippen LogP contribution in [0.2, 0.25) is 0 Å². The highest BCUT2D eigenvalue weighted by Crippen LogP contribution is 2.13. The second-order valence-corrected chi connectivity index (χ2v) is 7.23. The minimum Gasteiger partial charge on any atom is -0.332 e. The second-order valence-electron chi connectivity index (χ2n) is 7.23. The van der Waals surface area contributed by atoms with Gasteiger partial charge in [0.2, 0.25) is 0 Å². The molecule has 0 spiro atoms. The third-order valence-electron chi connectivity index (χ3n) is 2.89. The van der Waals surface area contributed by atoms with E-state index in [0.717, 1.165) is 5.69 Å². The number of hydrogen-bond donors (Lipinski definition) is 0. The van der Waals surface area contributed by atoms with Crippen molar-refractivity contribution in [1.29, 1.82) is 0 Å². The number of rotatable bonds is 0. The van der Waals surface area contributed by atoms with Gasteiger partial charge in [0.1, 0.15) is 0 Å². The van der Waals surface area contributed by atoms with E-state index in [4.69, 9.17) is 0 Å². The van der Waals surface area contributed by atoms with Crippen LogP contribution in [-0.4, -0.2) is 19.3 Å². The van der Waals surface area contributed by atoms with Gasteiger partial charge in [-0.15, -0.1) is 0 Å². The Hall–Kier alpha value is -1.58. The smallest absolute Gasteiger partial charge is 0.0954 e. The molecule has 0 atom stereocenters. The summed E-state index contributed by atoms with van der Waals surface area (Å²) in [5.74, 6) is 0. The minimum absolute atomic E-state index is 0.119. The fourth-order valence-electron chi connectivity index (χ4n) is 1.57. The summed E-state index contributed by atoms with van der Waals surface area (Å²) in [4.78, 5) is 4.15. The standard InChI is InChI=1S/2C8H14N2/c1-7-5-10(6-9-7)8(2,3)4;1-7-5-9-10(6-7)8(2,3)4/h2*5-6H,1-4H3. The zero-order chi connectivity index (χ0) is 15.6. The zero-order valence-electron chi connectivity index (χ0n) is 14.1. The Morgan fingerprint density at radius 2 is 1.50 bits per heavy atom. The van der Waals surface area contributed by atoms with Crippen molar-refractivity contribution in [2.45, 2.75) is 66.5 Å². The van der Waals surface area contributed by atoms with Gasteiger partial charge in [-0.2, -0.15) is 5.10 Å². The van der Waals surface area contributed by atoms with Gasteiger partial charge >= 0.3 is 0 Å². The molecule has 0 amide bonds. The Morgan fingerprint density at radius 3 is 1.70 bits per heavy atom. The molecule has 2 aromatic rings. The minimum atomic E-state index is 0.119. The van der Waals surface area contributed by atoms with Crippen LogP contribution >= 0.6 is 0 Å². The normalized spacial score (nSPS) is 12.0. The lowest BCUT2D eigenvalue weighted by Crippen LogP contribution is -2.21. The number of hydrogen-bond acceptors (Lipinski definition) is 2. The van der Waals surface area contributed by atoms with Crippen molar-refractivity contribution in [3.8, 4) is 0 Å². The van der Waals surface area contributed by atoms with Crippen LogP contribution in [0.5, 0.6) is 0 Å².